The van der Waals surface area contributed by atoms with Crippen LogP contribution in [0.3, 0.4) is 0 Å². The van der Waals surface area contributed by atoms with Crippen LogP contribution in [0.1, 0.15) is 52.7 Å². The van der Waals surface area contributed by atoms with Crippen molar-refractivity contribution in [3.05, 3.63) is 139 Å². The Kier molecular flexibility index (Phi) is 7.73. The molecule has 254 valence electrons. The van der Waals surface area contributed by atoms with E-state index in [1.165, 1.54) is 16.5 Å². The largest absolute Gasteiger partial charge is 2.00 e. The van der Waals surface area contributed by atoms with Gasteiger partial charge in [0.15, 0.2) is 0 Å². The Morgan fingerprint density at radius 3 is 2.08 bits per heavy atom. The molecule has 51 heavy (non-hydrogen) atoms. The molecule has 0 aliphatic heterocycles. The summed E-state index contributed by atoms with van der Waals surface area (Å²) in [6, 6.07) is 45.0. The molecule has 0 fully saturated rings. The van der Waals surface area contributed by atoms with Gasteiger partial charge in [0, 0.05) is 23.2 Å². The molecule has 0 aliphatic carbocycles. The number of imidazole rings is 2. The molecule has 0 amide bonds. The van der Waals surface area contributed by atoms with E-state index in [-0.39, 0.29) is 31.9 Å². The van der Waals surface area contributed by atoms with Crippen LogP contribution in [0.25, 0.3) is 61.2 Å². The predicted octanol–water partition coefficient (Wildman–Crippen LogP) is 10.9. The standard InChI is InChI=1S/C44H37N5O.Pt/c1-43(2,3)28-18-21-36-34(24-28)33-20-19-32(27-40(33)48(36)41-25-29(22-23-45-41)44(4,5)6)50-31-13-11-12-30(26-31)47-38-16-9-10-17-39(38)49-37-15-8-7-14-35(37)46-42(47)49;/h7-25H,1-6H3;/q-2;+2. The van der Waals surface area contributed by atoms with Crippen molar-refractivity contribution in [3.63, 3.8) is 0 Å². The fourth-order valence-electron chi connectivity index (χ4n) is 7.03. The van der Waals surface area contributed by atoms with Crippen LogP contribution in [0.2, 0.25) is 0 Å². The van der Waals surface area contributed by atoms with Gasteiger partial charge < -0.3 is 13.9 Å². The van der Waals surface area contributed by atoms with E-state index < -0.39 is 0 Å². The van der Waals surface area contributed by atoms with E-state index in [1.54, 1.807) is 0 Å². The first-order valence-corrected chi connectivity index (χ1v) is 17.1. The summed E-state index contributed by atoms with van der Waals surface area (Å²) in [6.07, 6.45) is 1.91. The Morgan fingerprint density at radius 1 is 0.588 bits per heavy atom. The zero-order valence-corrected chi connectivity index (χ0v) is 31.7. The zero-order valence-electron chi connectivity index (χ0n) is 29.4. The van der Waals surface area contributed by atoms with Crippen molar-refractivity contribution in [1.29, 1.82) is 0 Å². The first kappa shape index (κ1) is 33.0. The molecule has 0 spiro atoms. The summed E-state index contributed by atoms with van der Waals surface area (Å²) < 4.78 is 13.1. The molecule has 4 aromatic heterocycles. The second-order valence-electron chi connectivity index (χ2n) is 15.1. The number of hydrogen-bond acceptors (Lipinski definition) is 3. The van der Waals surface area contributed by atoms with Crippen molar-refractivity contribution in [3.8, 4) is 23.0 Å². The molecule has 0 N–H and O–H groups in total. The fourth-order valence-corrected chi connectivity index (χ4v) is 7.03. The Morgan fingerprint density at radius 2 is 1.29 bits per heavy atom. The molecule has 0 bridgehead atoms. The number of nitrogens with zero attached hydrogens (tertiary/aromatic N) is 5. The van der Waals surface area contributed by atoms with Gasteiger partial charge >= 0.3 is 21.1 Å². The third kappa shape index (κ3) is 5.44. The van der Waals surface area contributed by atoms with E-state index >= 15 is 0 Å². The van der Waals surface area contributed by atoms with Gasteiger partial charge in [-0.05, 0) is 69.8 Å². The van der Waals surface area contributed by atoms with Gasteiger partial charge in [0.1, 0.15) is 5.82 Å². The minimum atomic E-state index is -0.0194. The maximum Gasteiger partial charge on any atom is 2.00 e. The molecular formula is C44H37N5OPt. The summed E-state index contributed by atoms with van der Waals surface area (Å²) in [5.41, 5.74) is 9.50. The average molecular weight is 847 g/mol. The molecule has 9 aromatic rings. The molecule has 0 saturated carbocycles. The summed E-state index contributed by atoms with van der Waals surface area (Å²) in [7, 11) is 0. The van der Waals surface area contributed by atoms with Crippen LogP contribution < -0.4 is 4.74 Å². The van der Waals surface area contributed by atoms with E-state index in [0.29, 0.717) is 11.5 Å². The van der Waals surface area contributed by atoms with E-state index in [9.17, 15) is 0 Å². The summed E-state index contributed by atoms with van der Waals surface area (Å²) in [6.45, 7) is 13.4. The number of aromatic nitrogens is 5. The zero-order chi connectivity index (χ0) is 34.4. The summed E-state index contributed by atoms with van der Waals surface area (Å²) >= 11 is 0. The maximum atomic E-state index is 6.57. The number of para-hydroxylation sites is 4. The van der Waals surface area contributed by atoms with Crippen molar-refractivity contribution < 1.29 is 25.8 Å². The second-order valence-corrected chi connectivity index (χ2v) is 15.1. The van der Waals surface area contributed by atoms with Crippen LogP contribution in [-0.2, 0) is 31.9 Å². The predicted molar refractivity (Wildman–Crippen MR) is 203 cm³/mol. The van der Waals surface area contributed by atoms with Crippen LogP contribution in [0.15, 0.2) is 115 Å². The Balaban J connectivity index is 0.00000374. The number of ether oxygens (including phenoxy) is 1. The van der Waals surface area contributed by atoms with Crippen molar-refractivity contribution in [2.24, 2.45) is 0 Å². The third-order valence-corrected chi connectivity index (χ3v) is 9.68. The quantitative estimate of drug-likeness (QED) is 0.166. The van der Waals surface area contributed by atoms with Crippen LogP contribution in [0.5, 0.6) is 11.5 Å². The molecule has 6 nitrogen and oxygen atoms in total. The van der Waals surface area contributed by atoms with E-state index in [4.69, 9.17) is 14.7 Å². The van der Waals surface area contributed by atoms with Crippen molar-refractivity contribution in [2.45, 2.75) is 52.4 Å². The number of fused-ring (bicyclic) bond motifs is 8. The molecule has 0 atom stereocenters. The van der Waals surface area contributed by atoms with Crippen LogP contribution in [-0.4, -0.2) is 23.5 Å². The number of benzene rings is 5. The second kappa shape index (κ2) is 12.0. The fraction of sp³-hybridized carbons (Fsp3) is 0.182. The van der Waals surface area contributed by atoms with E-state index in [2.05, 4.69) is 146 Å². The molecule has 4 heterocycles. The van der Waals surface area contributed by atoms with Gasteiger partial charge in [0.2, 0.25) is 5.78 Å². The van der Waals surface area contributed by atoms with E-state index in [1.807, 2.05) is 36.5 Å². The summed E-state index contributed by atoms with van der Waals surface area (Å²) in [5, 5.41) is 2.27. The van der Waals surface area contributed by atoms with Gasteiger partial charge in [0.25, 0.3) is 0 Å². The molecule has 0 aliphatic rings. The topological polar surface area (TPSA) is 49.3 Å². The monoisotopic (exact) mass is 846 g/mol. The normalized spacial score (nSPS) is 12.4. The molecule has 0 radical (unpaired) electrons. The molecule has 9 rings (SSSR count). The van der Waals surface area contributed by atoms with Crippen molar-refractivity contribution >= 4 is 49.7 Å². The van der Waals surface area contributed by atoms with Gasteiger partial charge in [-0.1, -0.05) is 89.1 Å². The van der Waals surface area contributed by atoms with Crippen LogP contribution >= 0.6 is 0 Å². The van der Waals surface area contributed by atoms with Gasteiger partial charge in [-0.3, -0.25) is 4.40 Å². The smallest absolute Gasteiger partial charge is 0.509 e. The van der Waals surface area contributed by atoms with Gasteiger partial charge in [-0.15, -0.1) is 35.7 Å². The minimum Gasteiger partial charge on any atom is -0.509 e. The molecular weight excluding hydrogens is 810 g/mol. The van der Waals surface area contributed by atoms with Gasteiger partial charge in [0.05, 0.1) is 22.1 Å². The summed E-state index contributed by atoms with van der Waals surface area (Å²) in [5.74, 6) is 2.89. The summed E-state index contributed by atoms with van der Waals surface area (Å²) in [4.78, 5) is 9.90. The van der Waals surface area contributed by atoms with Gasteiger partial charge in [-0.25, -0.2) is 9.97 Å². The average Bonchev–Trinajstić information content (AvgIpc) is 3.74. The molecule has 0 saturated heterocycles. The van der Waals surface area contributed by atoms with Gasteiger partial charge in [-0.2, -0.15) is 12.1 Å². The molecule has 5 aromatic carbocycles. The first-order chi connectivity index (χ1) is 24.0. The maximum absolute atomic E-state index is 6.57. The number of pyridine rings is 1. The third-order valence-electron chi connectivity index (χ3n) is 9.68. The van der Waals surface area contributed by atoms with Crippen LogP contribution in [0, 0.1) is 12.1 Å². The number of hydrogen-bond donors (Lipinski definition) is 0. The van der Waals surface area contributed by atoms with Crippen molar-refractivity contribution in [2.75, 3.05) is 0 Å². The molecule has 0 unspecified atom stereocenters. The Bertz CT molecular complexity index is 2770. The molecule has 7 heteroatoms. The number of rotatable bonds is 4. The van der Waals surface area contributed by atoms with Crippen molar-refractivity contribution in [1.82, 2.24) is 23.5 Å². The Labute approximate surface area is 311 Å². The minimum absolute atomic E-state index is 0. The van der Waals surface area contributed by atoms with Crippen LogP contribution in [0.4, 0.5) is 0 Å². The first-order valence-electron chi connectivity index (χ1n) is 17.1. The van der Waals surface area contributed by atoms with E-state index in [0.717, 1.165) is 55.8 Å². The Hall–Kier alpha value is -5.19. The SMILES string of the molecule is CC(C)(C)c1ccnc(-n2c3[c-]c(Oc4[c-]c(-n5c6ccccc6n6c7ccccc7nc56)ccc4)ccc3c3cc(C(C)(C)C)ccc32)c1.[Pt+2].